The summed E-state index contributed by atoms with van der Waals surface area (Å²) >= 11 is 3.16. The van der Waals surface area contributed by atoms with Gasteiger partial charge in [-0.25, -0.2) is 0 Å². The molecule has 4 rings (SSSR count). The summed E-state index contributed by atoms with van der Waals surface area (Å²) in [6.07, 6.45) is 0.918. The van der Waals surface area contributed by atoms with Gasteiger partial charge in [-0.2, -0.15) is 0 Å². The molecule has 27 heavy (non-hydrogen) atoms. The van der Waals surface area contributed by atoms with Crippen LogP contribution in [0.3, 0.4) is 0 Å². The van der Waals surface area contributed by atoms with E-state index >= 15 is 0 Å². The van der Waals surface area contributed by atoms with Crippen molar-refractivity contribution in [3.8, 4) is 0 Å². The van der Waals surface area contributed by atoms with Gasteiger partial charge in [-0.15, -0.1) is 11.3 Å². The molecule has 2 amide bonds. The van der Waals surface area contributed by atoms with E-state index in [1.54, 1.807) is 23.1 Å². The van der Waals surface area contributed by atoms with E-state index in [-0.39, 0.29) is 23.8 Å². The predicted molar refractivity (Wildman–Crippen MR) is 111 cm³/mol. The Kier molecular flexibility index (Phi) is 5.31. The van der Waals surface area contributed by atoms with Gasteiger partial charge in [0.2, 0.25) is 11.8 Å². The maximum atomic E-state index is 13.1. The molecule has 1 fully saturated rings. The van der Waals surface area contributed by atoms with Crippen molar-refractivity contribution in [2.75, 3.05) is 17.2 Å². The monoisotopic (exact) mass is 399 g/mol. The number of carbonyl (C=O) groups excluding carboxylic acids is 2. The standard InChI is InChI=1S/C20H21N3O2S2/c1-13-4-6-14(7-5-13)23-17(24)9-8-15(18(23)16-3-2-11-26-16)19(25)22-20-21-10-12-27-20/h2-7,11,15,18H,8-10,12H2,1H3,(H,21,22,25)/t15-,18+/m0/s1. The highest BCUT2D eigenvalue weighted by molar-refractivity contribution is 8.14. The lowest BCUT2D eigenvalue weighted by Gasteiger charge is -2.40. The number of aryl methyl sites for hydroxylation is 1. The van der Waals surface area contributed by atoms with Crippen molar-refractivity contribution in [1.82, 2.24) is 5.32 Å². The Balaban J connectivity index is 1.69. The Labute approximate surface area is 166 Å². The van der Waals surface area contributed by atoms with Crippen molar-refractivity contribution < 1.29 is 9.59 Å². The zero-order valence-corrected chi connectivity index (χ0v) is 16.7. The lowest BCUT2D eigenvalue weighted by Crippen LogP contribution is -2.48. The first-order valence-corrected chi connectivity index (χ1v) is 10.9. The third-order valence-corrected chi connectivity index (χ3v) is 6.73. The maximum Gasteiger partial charge on any atom is 0.231 e. The number of nitrogens with zero attached hydrogens (tertiary/aromatic N) is 2. The Morgan fingerprint density at radius 3 is 2.74 bits per heavy atom. The molecular formula is C20H21N3O2S2. The van der Waals surface area contributed by atoms with Gasteiger partial charge in [0.05, 0.1) is 18.5 Å². The van der Waals surface area contributed by atoms with Crippen molar-refractivity contribution in [2.24, 2.45) is 10.9 Å². The van der Waals surface area contributed by atoms with Crippen LogP contribution in [0.5, 0.6) is 0 Å². The Hall–Kier alpha value is -2.12. The topological polar surface area (TPSA) is 61.8 Å². The number of anilines is 1. The summed E-state index contributed by atoms with van der Waals surface area (Å²) in [4.78, 5) is 33.1. The zero-order chi connectivity index (χ0) is 18.8. The number of amidine groups is 1. The van der Waals surface area contributed by atoms with Crippen molar-refractivity contribution in [3.05, 3.63) is 52.2 Å². The van der Waals surface area contributed by atoms with Crippen LogP contribution >= 0.6 is 23.1 Å². The fraction of sp³-hybridized carbons (Fsp3) is 0.350. The number of thioether (sulfide) groups is 1. The molecule has 7 heteroatoms. The average Bonchev–Trinajstić information content (AvgIpc) is 3.36. The molecule has 5 nitrogen and oxygen atoms in total. The lowest BCUT2D eigenvalue weighted by molar-refractivity contribution is -0.128. The summed E-state index contributed by atoms with van der Waals surface area (Å²) in [5, 5.41) is 5.67. The molecule has 2 atom stereocenters. The molecule has 1 aromatic heterocycles. The van der Waals surface area contributed by atoms with Crippen LogP contribution in [0.2, 0.25) is 0 Å². The molecule has 1 N–H and O–H groups in total. The molecular weight excluding hydrogens is 378 g/mol. The van der Waals surface area contributed by atoms with Gasteiger partial charge in [-0.05, 0) is 36.9 Å². The molecule has 1 saturated heterocycles. The van der Waals surface area contributed by atoms with Gasteiger partial charge in [0.1, 0.15) is 0 Å². The van der Waals surface area contributed by atoms with E-state index in [0.29, 0.717) is 18.0 Å². The minimum absolute atomic E-state index is 0.0499. The summed E-state index contributed by atoms with van der Waals surface area (Å²) in [7, 11) is 0. The van der Waals surface area contributed by atoms with Crippen molar-refractivity contribution in [3.63, 3.8) is 0 Å². The van der Waals surface area contributed by atoms with Gasteiger partial charge in [-0.3, -0.25) is 14.6 Å². The van der Waals surface area contributed by atoms with E-state index in [1.165, 1.54) is 0 Å². The van der Waals surface area contributed by atoms with E-state index in [2.05, 4.69) is 10.3 Å². The predicted octanol–water partition coefficient (Wildman–Crippen LogP) is 3.76. The molecule has 0 unspecified atom stereocenters. The SMILES string of the molecule is Cc1ccc(N2C(=O)CC[C@H](C(=O)NC3=NCCS3)[C@@H]2c2cccs2)cc1. The average molecular weight is 400 g/mol. The summed E-state index contributed by atoms with van der Waals surface area (Å²) < 4.78 is 0. The molecule has 2 aromatic rings. The second kappa shape index (κ2) is 7.86. The molecule has 0 aliphatic carbocycles. The van der Waals surface area contributed by atoms with Crippen molar-refractivity contribution in [2.45, 2.75) is 25.8 Å². The van der Waals surface area contributed by atoms with Gasteiger partial charge >= 0.3 is 0 Å². The first-order valence-electron chi connectivity index (χ1n) is 9.04. The van der Waals surface area contributed by atoms with Gasteiger partial charge in [-0.1, -0.05) is 35.5 Å². The summed E-state index contributed by atoms with van der Waals surface area (Å²) in [6, 6.07) is 11.6. The van der Waals surface area contributed by atoms with Gasteiger partial charge < -0.3 is 10.2 Å². The number of benzene rings is 1. The third-order valence-electron chi connectivity index (χ3n) is 4.90. The van der Waals surface area contributed by atoms with Crippen LogP contribution in [0.4, 0.5) is 5.69 Å². The molecule has 3 heterocycles. The number of aliphatic imine (C=N–C) groups is 1. The normalized spacial score (nSPS) is 22.6. The fourth-order valence-electron chi connectivity index (χ4n) is 3.57. The van der Waals surface area contributed by atoms with Crippen LogP contribution in [0, 0.1) is 12.8 Å². The molecule has 140 valence electrons. The molecule has 2 aliphatic heterocycles. The van der Waals surface area contributed by atoms with Crippen molar-refractivity contribution in [1.29, 1.82) is 0 Å². The Morgan fingerprint density at radius 2 is 2.07 bits per heavy atom. The van der Waals surface area contributed by atoms with Gasteiger partial charge in [0.25, 0.3) is 0 Å². The second-order valence-electron chi connectivity index (χ2n) is 6.73. The van der Waals surface area contributed by atoms with E-state index in [0.717, 1.165) is 28.4 Å². The number of piperidine rings is 1. The zero-order valence-electron chi connectivity index (χ0n) is 15.1. The first-order chi connectivity index (χ1) is 13.1. The molecule has 0 saturated carbocycles. The van der Waals surface area contributed by atoms with Crippen LogP contribution in [0.15, 0.2) is 46.8 Å². The van der Waals surface area contributed by atoms with E-state index in [1.807, 2.05) is 53.6 Å². The number of nitrogens with one attached hydrogen (secondary N) is 1. The molecule has 1 aromatic carbocycles. The summed E-state index contributed by atoms with van der Waals surface area (Å²) in [6.45, 7) is 2.77. The van der Waals surface area contributed by atoms with E-state index in [9.17, 15) is 9.59 Å². The number of amides is 2. The van der Waals surface area contributed by atoms with Crippen LogP contribution in [0.25, 0.3) is 0 Å². The number of carbonyl (C=O) groups is 2. The summed E-state index contributed by atoms with van der Waals surface area (Å²) in [5.41, 5.74) is 1.98. The lowest BCUT2D eigenvalue weighted by atomic mass is 9.86. The highest BCUT2D eigenvalue weighted by Crippen LogP contribution is 2.41. The quantitative estimate of drug-likeness (QED) is 0.855. The largest absolute Gasteiger partial charge is 0.305 e. The minimum atomic E-state index is -0.299. The summed E-state index contributed by atoms with van der Waals surface area (Å²) in [5.74, 6) is 0.620. The van der Waals surface area contributed by atoms with Crippen LogP contribution in [-0.2, 0) is 9.59 Å². The smallest absolute Gasteiger partial charge is 0.231 e. The number of hydrogen-bond donors (Lipinski definition) is 1. The minimum Gasteiger partial charge on any atom is -0.305 e. The first kappa shape index (κ1) is 18.3. The maximum absolute atomic E-state index is 13.1. The van der Waals surface area contributed by atoms with Gasteiger partial charge in [0.15, 0.2) is 5.17 Å². The Morgan fingerprint density at radius 1 is 1.26 bits per heavy atom. The number of rotatable bonds is 3. The highest BCUT2D eigenvalue weighted by atomic mass is 32.2. The number of hydrogen-bond acceptors (Lipinski definition) is 5. The van der Waals surface area contributed by atoms with Crippen molar-refractivity contribution >= 4 is 45.8 Å². The second-order valence-corrected chi connectivity index (χ2v) is 8.79. The molecule has 2 aliphatic rings. The van der Waals surface area contributed by atoms with Crippen LogP contribution in [-0.4, -0.2) is 29.3 Å². The Bertz CT molecular complexity index is 862. The van der Waals surface area contributed by atoms with Crippen LogP contribution in [0.1, 0.15) is 29.3 Å². The molecule has 0 spiro atoms. The molecule has 0 radical (unpaired) electrons. The van der Waals surface area contributed by atoms with Crippen LogP contribution < -0.4 is 10.2 Å². The fourth-order valence-corrected chi connectivity index (χ4v) is 5.18. The molecule has 0 bridgehead atoms. The highest BCUT2D eigenvalue weighted by Gasteiger charge is 2.42. The van der Waals surface area contributed by atoms with E-state index in [4.69, 9.17) is 0 Å². The third kappa shape index (κ3) is 3.80. The van der Waals surface area contributed by atoms with E-state index < -0.39 is 0 Å². The number of thiophene rings is 1. The van der Waals surface area contributed by atoms with Gasteiger partial charge in [0, 0.05) is 22.7 Å².